The predicted molar refractivity (Wildman–Crippen MR) is 287 cm³/mol. The number of para-hydroxylation sites is 5. The largest absolute Gasteiger partial charge is 0.455 e. The van der Waals surface area contributed by atoms with Gasteiger partial charge in [0.2, 0.25) is 0 Å². The number of aromatic nitrogens is 5. The van der Waals surface area contributed by atoms with E-state index in [0.717, 1.165) is 99.6 Å². The molecule has 0 N–H and O–H groups in total. The highest BCUT2D eigenvalue weighted by Gasteiger charge is 2.22. The number of furan rings is 1. The fourth-order valence-electron chi connectivity index (χ4n) is 10.4. The van der Waals surface area contributed by atoms with Crippen LogP contribution in [0.5, 0.6) is 0 Å². The average molecular weight is 894 g/mol. The standard InChI is InChI=1S/C64H39N5O/c1-4-16-43(17-5-1)59-58-49(38-39-55-57(58)52-23-10-12-28-54(52)69(55)46-20-8-3-9-21-46)50-25-14-24-47(60(50)65-59)42-34-30-40(31-35-42)41-32-36-45(37-33-41)63-66-62(44-18-6-2-7-19-44)67-64(68-63)53-27-15-26-51-48-22-11-13-29-56(48)70-61(51)53/h1-39H. The van der Waals surface area contributed by atoms with Crippen LogP contribution in [-0.4, -0.2) is 24.5 Å². The molecule has 0 saturated carbocycles. The Bertz CT molecular complexity index is 4320. The van der Waals surface area contributed by atoms with E-state index in [2.05, 4.69) is 180 Å². The van der Waals surface area contributed by atoms with Gasteiger partial charge in [0, 0.05) is 60.3 Å². The molecule has 0 unspecified atom stereocenters. The van der Waals surface area contributed by atoms with E-state index < -0.39 is 0 Å². The molecule has 0 aliphatic heterocycles. The van der Waals surface area contributed by atoms with Crippen molar-refractivity contribution in [2.45, 2.75) is 0 Å². The molecule has 0 saturated heterocycles. The molecule has 6 nitrogen and oxygen atoms in total. The van der Waals surface area contributed by atoms with E-state index in [1.165, 1.54) is 21.7 Å². The first-order chi connectivity index (χ1) is 34.7. The number of nitrogens with zero attached hydrogens (tertiary/aromatic N) is 5. The van der Waals surface area contributed by atoms with Crippen molar-refractivity contribution in [1.29, 1.82) is 0 Å². The predicted octanol–water partition coefficient (Wildman–Crippen LogP) is 16.6. The number of benzene rings is 10. The van der Waals surface area contributed by atoms with Crippen molar-refractivity contribution in [2.75, 3.05) is 0 Å². The molecule has 14 rings (SSSR count). The highest BCUT2D eigenvalue weighted by atomic mass is 16.3. The molecule has 6 heteroatoms. The second-order valence-electron chi connectivity index (χ2n) is 17.7. The molecular formula is C64H39N5O. The van der Waals surface area contributed by atoms with Crippen LogP contribution in [0.25, 0.3) is 139 Å². The van der Waals surface area contributed by atoms with Crippen LogP contribution in [0.4, 0.5) is 0 Å². The molecule has 4 heterocycles. The number of fused-ring (bicyclic) bond motifs is 10. The minimum Gasteiger partial charge on any atom is -0.455 e. The first-order valence-electron chi connectivity index (χ1n) is 23.5. The topological polar surface area (TPSA) is 69.6 Å². The quantitative estimate of drug-likeness (QED) is 0.149. The summed E-state index contributed by atoms with van der Waals surface area (Å²) in [4.78, 5) is 20.8. The smallest absolute Gasteiger partial charge is 0.167 e. The molecule has 4 aromatic heterocycles. The van der Waals surface area contributed by atoms with Crippen LogP contribution in [0, 0.1) is 0 Å². The second-order valence-corrected chi connectivity index (χ2v) is 17.7. The highest BCUT2D eigenvalue weighted by Crippen LogP contribution is 2.44. The summed E-state index contributed by atoms with van der Waals surface area (Å²) in [5.74, 6) is 1.75. The van der Waals surface area contributed by atoms with Crippen molar-refractivity contribution in [1.82, 2.24) is 24.5 Å². The van der Waals surface area contributed by atoms with Crippen molar-refractivity contribution >= 4 is 65.4 Å². The summed E-state index contributed by atoms with van der Waals surface area (Å²) in [5.41, 5.74) is 15.1. The zero-order valence-electron chi connectivity index (χ0n) is 37.7. The van der Waals surface area contributed by atoms with E-state index in [1.54, 1.807) is 0 Å². The summed E-state index contributed by atoms with van der Waals surface area (Å²) < 4.78 is 8.81. The number of hydrogen-bond donors (Lipinski definition) is 0. The Kier molecular flexibility index (Phi) is 9.10. The van der Waals surface area contributed by atoms with Gasteiger partial charge in [-0.3, -0.25) is 0 Å². The van der Waals surface area contributed by atoms with Gasteiger partial charge in [-0.05, 0) is 58.5 Å². The first kappa shape index (κ1) is 39.6. The minimum atomic E-state index is 0.559. The highest BCUT2D eigenvalue weighted by molar-refractivity contribution is 6.29. The van der Waals surface area contributed by atoms with Crippen molar-refractivity contribution in [3.05, 3.63) is 237 Å². The van der Waals surface area contributed by atoms with Crippen LogP contribution in [0.3, 0.4) is 0 Å². The van der Waals surface area contributed by atoms with Crippen LogP contribution in [0.2, 0.25) is 0 Å². The summed E-state index contributed by atoms with van der Waals surface area (Å²) in [6.45, 7) is 0. The van der Waals surface area contributed by atoms with Gasteiger partial charge in [0.05, 0.1) is 27.8 Å². The zero-order chi connectivity index (χ0) is 46.1. The van der Waals surface area contributed by atoms with E-state index in [9.17, 15) is 0 Å². The Balaban J connectivity index is 0.857. The van der Waals surface area contributed by atoms with E-state index >= 15 is 0 Å². The van der Waals surface area contributed by atoms with Gasteiger partial charge < -0.3 is 8.98 Å². The maximum Gasteiger partial charge on any atom is 0.167 e. The molecule has 0 aliphatic carbocycles. The van der Waals surface area contributed by atoms with Crippen molar-refractivity contribution < 1.29 is 4.42 Å². The van der Waals surface area contributed by atoms with Gasteiger partial charge in [0.1, 0.15) is 11.2 Å². The Morgan fingerprint density at radius 3 is 1.57 bits per heavy atom. The lowest BCUT2D eigenvalue weighted by Crippen LogP contribution is -2.00. The van der Waals surface area contributed by atoms with Crippen LogP contribution in [-0.2, 0) is 0 Å². The molecule has 14 aromatic rings. The zero-order valence-corrected chi connectivity index (χ0v) is 37.7. The molecule has 0 bridgehead atoms. The molecule has 0 aliphatic rings. The van der Waals surface area contributed by atoms with Gasteiger partial charge in [-0.25, -0.2) is 19.9 Å². The lowest BCUT2D eigenvalue weighted by atomic mass is 9.93. The first-order valence-corrected chi connectivity index (χ1v) is 23.5. The van der Waals surface area contributed by atoms with Gasteiger partial charge in [-0.15, -0.1) is 0 Å². The molecule has 0 amide bonds. The molecule has 0 spiro atoms. The van der Waals surface area contributed by atoms with Crippen LogP contribution >= 0.6 is 0 Å². The Hall–Kier alpha value is -9.52. The number of pyridine rings is 1. The van der Waals surface area contributed by atoms with E-state index in [-0.39, 0.29) is 0 Å². The minimum absolute atomic E-state index is 0.559. The molecule has 0 radical (unpaired) electrons. The summed E-state index contributed by atoms with van der Waals surface area (Å²) in [7, 11) is 0. The lowest BCUT2D eigenvalue weighted by molar-refractivity contribution is 0.669. The summed E-state index contributed by atoms with van der Waals surface area (Å²) in [5, 5.41) is 7.96. The molecule has 326 valence electrons. The van der Waals surface area contributed by atoms with Gasteiger partial charge in [0.15, 0.2) is 17.5 Å². The maximum absolute atomic E-state index is 6.43. The van der Waals surface area contributed by atoms with Gasteiger partial charge >= 0.3 is 0 Å². The molecule has 0 fully saturated rings. The Morgan fingerprint density at radius 2 is 0.843 bits per heavy atom. The van der Waals surface area contributed by atoms with Crippen LogP contribution in [0.15, 0.2) is 241 Å². The second kappa shape index (κ2) is 16.1. The molecule has 70 heavy (non-hydrogen) atoms. The summed E-state index contributed by atoms with van der Waals surface area (Å²) >= 11 is 0. The Morgan fingerprint density at radius 1 is 0.300 bits per heavy atom. The van der Waals surface area contributed by atoms with Gasteiger partial charge in [0.25, 0.3) is 0 Å². The van der Waals surface area contributed by atoms with Crippen molar-refractivity contribution in [3.63, 3.8) is 0 Å². The Labute approximate surface area is 402 Å². The number of rotatable bonds is 7. The van der Waals surface area contributed by atoms with Crippen LogP contribution < -0.4 is 0 Å². The van der Waals surface area contributed by atoms with Crippen molar-refractivity contribution in [3.8, 4) is 73.4 Å². The third kappa shape index (κ3) is 6.42. The monoisotopic (exact) mass is 893 g/mol. The normalized spacial score (nSPS) is 11.7. The van der Waals surface area contributed by atoms with Crippen molar-refractivity contribution in [2.24, 2.45) is 0 Å². The average Bonchev–Trinajstić information content (AvgIpc) is 4.00. The SMILES string of the molecule is c1ccc(-c2nc(-c3ccc(-c4ccc(-c5cccc6c5nc(-c5ccccc5)c5c6ccc6c5c5ccccc5n6-c5ccccc5)cc4)cc3)nc(-c3cccc4c3oc3ccccc34)n2)cc1. The van der Waals surface area contributed by atoms with E-state index in [0.29, 0.717) is 17.5 Å². The van der Waals surface area contributed by atoms with Gasteiger partial charge in [-0.1, -0.05) is 200 Å². The van der Waals surface area contributed by atoms with E-state index in [4.69, 9.17) is 24.4 Å². The summed E-state index contributed by atoms with van der Waals surface area (Å²) in [6, 6.07) is 82.8. The fraction of sp³-hybridized carbons (Fsp3) is 0. The number of hydrogen-bond acceptors (Lipinski definition) is 5. The molecule has 0 atom stereocenters. The third-order valence-corrected chi connectivity index (χ3v) is 13.7. The fourth-order valence-corrected chi connectivity index (χ4v) is 10.4. The van der Waals surface area contributed by atoms with Crippen LogP contribution in [0.1, 0.15) is 0 Å². The summed E-state index contributed by atoms with van der Waals surface area (Å²) in [6.07, 6.45) is 0. The molecule has 10 aromatic carbocycles. The third-order valence-electron chi connectivity index (χ3n) is 13.7. The maximum atomic E-state index is 6.43. The van der Waals surface area contributed by atoms with E-state index in [1.807, 2.05) is 60.7 Å². The lowest BCUT2D eigenvalue weighted by Gasteiger charge is -2.15. The molecular weight excluding hydrogens is 855 g/mol. The van der Waals surface area contributed by atoms with Gasteiger partial charge in [-0.2, -0.15) is 0 Å².